The number of carbonyl (C=O) groups is 3. The SMILES string of the molecule is CCN1C(=O)[C@H]2C(C(=O)c3nc(Cl)ccc3Cl)=NN[C@H]2C1=O. The van der Waals surface area contributed by atoms with Gasteiger partial charge >= 0.3 is 0 Å². The van der Waals surface area contributed by atoms with E-state index in [1.165, 1.54) is 12.1 Å². The Bertz CT molecular complexity index is 734. The number of pyridine rings is 1. The van der Waals surface area contributed by atoms with Crippen LogP contribution < -0.4 is 5.43 Å². The minimum atomic E-state index is -0.947. The van der Waals surface area contributed by atoms with Gasteiger partial charge in [-0.3, -0.25) is 24.7 Å². The molecule has 7 nitrogen and oxygen atoms in total. The highest BCUT2D eigenvalue weighted by molar-refractivity contribution is 6.53. The van der Waals surface area contributed by atoms with Crippen LogP contribution in [0, 0.1) is 5.92 Å². The lowest BCUT2D eigenvalue weighted by atomic mass is 9.94. The molecule has 1 aromatic rings. The fourth-order valence-electron chi connectivity index (χ4n) is 2.55. The van der Waals surface area contributed by atoms with E-state index < -0.39 is 29.6 Å². The van der Waals surface area contributed by atoms with Crippen LogP contribution in [0.3, 0.4) is 0 Å². The first-order chi connectivity index (χ1) is 10.5. The molecule has 9 heteroatoms. The average molecular weight is 341 g/mol. The molecule has 2 aliphatic rings. The third kappa shape index (κ3) is 2.08. The smallest absolute Gasteiger partial charge is 0.254 e. The molecular weight excluding hydrogens is 331 g/mol. The van der Waals surface area contributed by atoms with Crippen molar-refractivity contribution in [2.24, 2.45) is 11.0 Å². The summed E-state index contributed by atoms with van der Waals surface area (Å²) >= 11 is 11.7. The van der Waals surface area contributed by atoms with Crippen molar-refractivity contribution >= 4 is 46.5 Å². The Morgan fingerprint density at radius 2 is 2.05 bits per heavy atom. The van der Waals surface area contributed by atoms with Crippen molar-refractivity contribution in [1.82, 2.24) is 15.3 Å². The van der Waals surface area contributed by atoms with Gasteiger partial charge in [-0.1, -0.05) is 23.2 Å². The molecule has 3 heterocycles. The number of Topliss-reactive ketones (excluding diaryl/α,β-unsaturated/α-hetero) is 1. The number of aromatic nitrogens is 1. The topological polar surface area (TPSA) is 91.7 Å². The highest BCUT2D eigenvalue weighted by Gasteiger charge is 2.54. The monoisotopic (exact) mass is 340 g/mol. The van der Waals surface area contributed by atoms with Gasteiger partial charge < -0.3 is 0 Å². The lowest BCUT2D eigenvalue weighted by Gasteiger charge is -2.12. The van der Waals surface area contributed by atoms with Gasteiger partial charge in [-0.25, -0.2) is 4.98 Å². The van der Waals surface area contributed by atoms with Crippen LogP contribution in [0.2, 0.25) is 10.2 Å². The molecule has 1 fully saturated rings. The largest absolute Gasteiger partial charge is 0.296 e. The number of hydrazone groups is 1. The van der Waals surface area contributed by atoms with Crippen LogP contribution in [0.25, 0.3) is 0 Å². The highest BCUT2D eigenvalue weighted by Crippen LogP contribution is 2.28. The minimum Gasteiger partial charge on any atom is -0.296 e. The Kier molecular flexibility index (Phi) is 3.62. The Morgan fingerprint density at radius 1 is 1.32 bits per heavy atom. The predicted octanol–water partition coefficient (Wildman–Crippen LogP) is 0.904. The standard InChI is InChI=1S/C13H10Cl2N4O3/c1-2-19-12(21)7-9(17-18-10(7)13(19)22)11(20)8-5(14)3-4-6(15)16-8/h3-4,7,10,18H,2H2,1H3/t7-,10+/m0/s1. The van der Waals surface area contributed by atoms with Gasteiger partial charge in [0, 0.05) is 6.54 Å². The summed E-state index contributed by atoms with van der Waals surface area (Å²) in [7, 11) is 0. The molecule has 3 rings (SSSR count). The number of rotatable bonds is 3. The number of hydrogen-bond donors (Lipinski definition) is 1. The fourth-order valence-corrected chi connectivity index (χ4v) is 2.88. The predicted molar refractivity (Wildman–Crippen MR) is 78.8 cm³/mol. The van der Waals surface area contributed by atoms with Crippen molar-refractivity contribution in [1.29, 1.82) is 0 Å². The van der Waals surface area contributed by atoms with Gasteiger partial charge in [-0.2, -0.15) is 5.10 Å². The van der Waals surface area contributed by atoms with Gasteiger partial charge in [0.25, 0.3) is 5.91 Å². The number of halogens is 2. The molecule has 0 unspecified atom stereocenters. The molecule has 1 saturated heterocycles. The summed E-state index contributed by atoms with van der Waals surface area (Å²) in [5, 5.41) is 4.04. The summed E-state index contributed by atoms with van der Waals surface area (Å²) in [4.78, 5) is 41.9. The van der Waals surface area contributed by atoms with E-state index in [-0.39, 0.29) is 28.1 Å². The summed E-state index contributed by atoms with van der Waals surface area (Å²) in [5.41, 5.74) is 2.38. The van der Waals surface area contributed by atoms with E-state index >= 15 is 0 Å². The number of imide groups is 1. The second kappa shape index (κ2) is 5.33. The molecule has 1 N–H and O–H groups in total. The molecule has 114 valence electrons. The van der Waals surface area contributed by atoms with E-state index in [4.69, 9.17) is 23.2 Å². The fraction of sp³-hybridized carbons (Fsp3) is 0.308. The van der Waals surface area contributed by atoms with Crippen LogP contribution in [-0.2, 0) is 9.59 Å². The van der Waals surface area contributed by atoms with Crippen LogP contribution in [0.15, 0.2) is 17.2 Å². The number of likely N-dealkylation sites (tertiary alicyclic amines) is 1. The van der Waals surface area contributed by atoms with Crippen LogP contribution in [0.1, 0.15) is 17.4 Å². The van der Waals surface area contributed by atoms with Gasteiger partial charge in [-0.15, -0.1) is 0 Å². The van der Waals surface area contributed by atoms with Crippen LogP contribution in [-0.4, -0.2) is 45.8 Å². The molecule has 0 radical (unpaired) electrons. The second-order valence-electron chi connectivity index (χ2n) is 4.80. The summed E-state index contributed by atoms with van der Waals surface area (Å²) < 4.78 is 0. The maximum atomic E-state index is 12.6. The van der Waals surface area contributed by atoms with Crippen molar-refractivity contribution in [2.75, 3.05) is 6.54 Å². The first-order valence-corrected chi connectivity index (χ1v) is 7.26. The molecule has 0 spiro atoms. The maximum Gasteiger partial charge on any atom is 0.254 e. The van der Waals surface area contributed by atoms with E-state index in [0.29, 0.717) is 0 Å². The zero-order chi connectivity index (χ0) is 16.0. The Balaban J connectivity index is 1.97. The molecule has 0 bridgehead atoms. The van der Waals surface area contributed by atoms with Gasteiger partial charge in [0.1, 0.15) is 28.5 Å². The number of ketones is 1. The number of carbonyl (C=O) groups excluding carboxylic acids is 3. The van der Waals surface area contributed by atoms with Crippen molar-refractivity contribution < 1.29 is 14.4 Å². The molecule has 2 atom stereocenters. The lowest BCUT2D eigenvalue weighted by Crippen LogP contribution is -2.36. The zero-order valence-corrected chi connectivity index (χ0v) is 12.9. The summed E-state index contributed by atoms with van der Waals surface area (Å²) in [6, 6.07) is 2.04. The maximum absolute atomic E-state index is 12.6. The minimum absolute atomic E-state index is 0.0732. The van der Waals surface area contributed by atoms with Gasteiger partial charge in [-0.05, 0) is 19.1 Å². The Labute approximate surface area is 135 Å². The third-order valence-corrected chi connectivity index (χ3v) is 4.11. The molecule has 0 saturated carbocycles. The molecule has 2 amide bonds. The van der Waals surface area contributed by atoms with E-state index in [0.717, 1.165) is 4.90 Å². The van der Waals surface area contributed by atoms with Crippen LogP contribution >= 0.6 is 23.2 Å². The average Bonchev–Trinajstić information content (AvgIpc) is 3.02. The number of likely N-dealkylation sites (N-methyl/N-ethyl adjacent to an activating group) is 1. The van der Waals surface area contributed by atoms with Crippen molar-refractivity contribution in [3.63, 3.8) is 0 Å². The van der Waals surface area contributed by atoms with E-state index in [9.17, 15) is 14.4 Å². The summed E-state index contributed by atoms with van der Waals surface area (Å²) in [6.07, 6.45) is 0. The molecule has 22 heavy (non-hydrogen) atoms. The number of fused-ring (bicyclic) bond motifs is 1. The summed E-state index contributed by atoms with van der Waals surface area (Å²) in [5.74, 6) is -2.41. The van der Waals surface area contributed by atoms with E-state index in [2.05, 4.69) is 15.5 Å². The number of nitrogens with one attached hydrogen (secondary N) is 1. The van der Waals surface area contributed by atoms with Gasteiger partial charge in [0.15, 0.2) is 0 Å². The summed E-state index contributed by atoms with van der Waals surface area (Å²) in [6.45, 7) is 1.93. The van der Waals surface area contributed by atoms with E-state index in [1.807, 2.05) is 0 Å². The molecule has 1 aromatic heterocycles. The first-order valence-electron chi connectivity index (χ1n) is 6.50. The quantitative estimate of drug-likeness (QED) is 0.501. The molecule has 2 aliphatic heterocycles. The second-order valence-corrected chi connectivity index (χ2v) is 5.59. The lowest BCUT2D eigenvalue weighted by molar-refractivity contribution is -0.139. The molecule has 0 aliphatic carbocycles. The Hall–Kier alpha value is -1.99. The zero-order valence-electron chi connectivity index (χ0n) is 11.3. The molecule has 0 aromatic carbocycles. The highest BCUT2D eigenvalue weighted by atomic mass is 35.5. The van der Waals surface area contributed by atoms with Gasteiger partial charge in [0.2, 0.25) is 11.7 Å². The van der Waals surface area contributed by atoms with Gasteiger partial charge in [0.05, 0.1) is 5.02 Å². The Morgan fingerprint density at radius 3 is 2.73 bits per heavy atom. The number of amides is 2. The van der Waals surface area contributed by atoms with Crippen LogP contribution in [0.4, 0.5) is 0 Å². The normalized spacial score (nSPS) is 23.4. The van der Waals surface area contributed by atoms with E-state index in [1.54, 1.807) is 6.92 Å². The third-order valence-electron chi connectivity index (χ3n) is 3.59. The number of hydrogen-bond acceptors (Lipinski definition) is 6. The first kappa shape index (κ1) is 14.9. The molecular formula is C13H10Cl2N4O3. The number of nitrogens with zero attached hydrogens (tertiary/aromatic N) is 3. The van der Waals surface area contributed by atoms with Crippen LogP contribution in [0.5, 0.6) is 0 Å². The van der Waals surface area contributed by atoms with Crippen molar-refractivity contribution in [3.05, 3.63) is 28.0 Å². The van der Waals surface area contributed by atoms with Crippen molar-refractivity contribution in [3.8, 4) is 0 Å². The van der Waals surface area contributed by atoms with Crippen molar-refractivity contribution in [2.45, 2.75) is 13.0 Å².